The van der Waals surface area contributed by atoms with E-state index >= 15 is 0 Å². The second-order valence-corrected chi connectivity index (χ2v) is 4.67. The number of unbranched alkanes of at least 4 members (excludes halogenated alkanes) is 9. The highest BCUT2D eigenvalue weighted by atomic mass is 32.1. The predicted octanol–water partition coefficient (Wildman–Crippen LogP) is 4.84. The van der Waals surface area contributed by atoms with E-state index in [0.717, 1.165) is 5.75 Å². The zero-order valence-electron chi connectivity index (χ0n) is 11.4. The lowest BCUT2D eigenvalue weighted by Gasteiger charge is -2.00. The number of aliphatic hydroxyl groups excluding tert-OH is 1. The van der Waals surface area contributed by atoms with E-state index < -0.39 is 0 Å². The molecule has 0 saturated heterocycles. The molecule has 0 aliphatic heterocycles. The molecule has 0 unspecified atom stereocenters. The summed E-state index contributed by atoms with van der Waals surface area (Å²) in [6.07, 6.45) is 14.2. The number of aliphatic hydroxyl groups is 1. The third kappa shape index (κ3) is 23.8. The van der Waals surface area contributed by atoms with Crippen LogP contribution in [0.2, 0.25) is 0 Å². The summed E-state index contributed by atoms with van der Waals surface area (Å²) in [5.41, 5.74) is 0. The minimum Gasteiger partial charge on any atom is -0.397 e. The quantitative estimate of drug-likeness (QED) is 0.419. The van der Waals surface area contributed by atoms with Crippen LogP contribution < -0.4 is 0 Å². The van der Waals surface area contributed by atoms with Crippen LogP contribution in [0.4, 0.5) is 0 Å². The summed E-state index contributed by atoms with van der Waals surface area (Å²) in [6, 6.07) is 0. The highest BCUT2D eigenvalue weighted by Crippen LogP contribution is 2.10. The van der Waals surface area contributed by atoms with E-state index in [1.54, 1.807) is 6.92 Å². The maximum Gasteiger partial charge on any atom is 0.0402 e. The maximum atomic E-state index is 7.57. The molecule has 0 aliphatic rings. The molecular weight excluding hydrogens is 216 g/mol. The van der Waals surface area contributed by atoms with Gasteiger partial charge < -0.3 is 5.11 Å². The number of thiol groups is 1. The van der Waals surface area contributed by atoms with Crippen LogP contribution in [-0.4, -0.2) is 17.5 Å². The van der Waals surface area contributed by atoms with Crippen LogP contribution in [0.5, 0.6) is 0 Å². The fraction of sp³-hybridized carbons (Fsp3) is 1.00. The summed E-state index contributed by atoms with van der Waals surface area (Å²) in [4.78, 5) is 0. The van der Waals surface area contributed by atoms with Gasteiger partial charge in [-0.2, -0.15) is 12.6 Å². The van der Waals surface area contributed by atoms with Gasteiger partial charge in [-0.1, -0.05) is 64.7 Å². The third-order valence-corrected chi connectivity index (χ3v) is 2.83. The first-order valence-electron chi connectivity index (χ1n) is 7.05. The van der Waals surface area contributed by atoms with E-state index in [4.69, 9.17) is 5.11 Å². The van der Waals surface area contributed by atoms with Gasteiger partial charge in [0, 0.05) is 6.61 Å². The third-order valence-electron chi connectivity index (χ3n) is 2.51. The Morgan fingerprint density at radius 2 is 1.00 bits per heavy atom. The van der Waals surface area contributed by atoms with Gasteiger partial charge in [-0.3, -0.25) is 0 Å². The van der Waals surface area contributed by atoms with Crippen molar-refractivity contribution in [3.63, 3.8) is 0 Å². The normalized spacial score (nSPS) is 9.75. The molecule has 0 saturated carbocycles. The van der Waals surface area contributed by atoms with Crippen molar-refractivity contribution in [2.45, 2.75) is 78.1 Å². The lowest BCUT2D eigenvalue weighted by Crippen LogP contribution is -1.81. The van der Waals surface area contributed by atoms with E-state index in [9.17, 15) is 0 Å². The Hall–Kier alpha value is 0.310. The molecule has 100 valence electrons. The summed E-state index contributed by atoms with van der Waals surface area (Å²) < 4.78 is 0. The van der Waals surface area contributed by atoms with Gasteiger partial charge in [0.2, 0.25) is 0 Å². The van der Waals surface area contributed by atoms with Gasteiger partial charge in [0.05, 0.1) is 0 Å². The highest BCUT2D eigenvalue weighted by molar-refractivity contribution is 7.80. The molecule has 0 spiro atoms. The molecule has 0 aromatic carbocycles. The van der Waals surface area contributed by atoms with Crippen molar-refractivity contribution in [2.75, 3.05) is 12.4 Å². The van der Waals surface area contributed by atoms with Crippen molar-refractivity contribution in [1.29, 1.82) is 0 Å². The van der Waals surface area contributed by atoms with Crippen LogP contribution in [0, 0.1) is 0 Å². The lowest BCUT2D eigenvalue weighted by atomic mass is 10.1. The molecule has 0 bridgehead atoms. The average Bonchev–Trinajstić information content (AvgIpc) is 2.28. The van der Waals surface area contributed by atoms with Gasteiger partial charge in [-0.25, -0.2) is 0 Å². The summed E-state index contributed by atoms with van der Waals surface area (Å²) in [7, 11) is 0. The van der Waals surface area contributed by atoms with Gasteiger partial charge in [0.25, 0.3) is 0 Å². The zero-order chi connectivity index (χ0) is 12.5. The van der Waals surface area contributed by atoms with Crippen LogP contribution in [0.15, 0.2) is 0 Å². The van der Waals surface area contributed by atoms with Crippen molar-refractivity contribution < 1.29 is 5.11 Å². The van der Waals surface area contributed by atoms with Crippen molar-refractivity contribution in [3.8, 4) is 0 Å². The van der Waals surface area contributed by atoms with Gasteiger partial charge in [0.15, 0.2) is 0 Å². The monoisotopic (exact) mass is 248 g/mol. The fourth-order valence-corrected chi connectivity index (χ4v) is 1.82. The first-order valence-corrected chi connectivity index (χ1v) is 7.68. The number of hydrogen-bond acceptors (Lipinski definition) is 2. The predicted molar refractivity (Wildman–Crippen MR) is 78.5 cm³/mol. The van der Waals surface area contributed by atoms with Crippen LogP contribution in [0.1, 0.15) is 78.1 Å². The Morgan fingerprint density at radius 3 is 1.31 bits per heavy atom. The molecule has 0 heterocycles. The average molecular weight is 248 g/mol. The Bertz CT molecular complexity index is 86.7. The van der Waals surface area contributed by atoms with Gasteiger partial charge in [0.1, 0.15) is 0 Å². The van der Waals surface area contributed by atoms with Crippen molar-refractivity contribution >= 4 is 12.6 Å². The number of rotatable bonds is 10. The van der Waals surface area contributed by atoms with Crippen LogP contribution in [0.25, 0.3) is 0 Å². The Balaban J connectivity index is 0. The molecule has 16 heavy (non-hydrogen) atoms. The van der Waals surface area contributed by atoms with E-state index in [0.29, 0.717) is 0 Å². The molecular formula is C14H32OS. The minimum atomic E-state index is 0.250. The first kappa shape index (κ1) is 18.7. The molecule has 0 rings (SSSR count). The molecule has 0 fully saturated rings. The Kier molecular flexibility index (Phi) is 24.1. The van der Waals surface area contributed by atoms with Crippen molar-refractivity contribution in [2.24, 2.45) is 0 Å². The van der Waals surface area contributed by atoms with E-state index in [2.05, 4.69) is 19.6 Å². The summed E-state index contributed by atoms with van der Waals surface area (Å²) in [5.74, 6) is 1.07. The SMILES string of the molecule is CCCCCCCCCCCCS.CCO. The van der Waals surface area contributed by atoms with Gasteiger partial charge in [-0.05, 0) is 19.1 Å². The van der Waals surface area contributed by atoms with Gasteiger partial charge in [-0.15, -0.1) is 0 Å². The summed E-state index contributed by atoms with van der Waals surface area (Å²) in [5, 5.41) is 7.57. The van der Waals surface area contributed by atoms with Crippen LogP contribution in [-0.2, 0) is 0 Å². The smallest absolute Gasteiger partial charge is 0.0402 e. The molecule has 1 N–H and O–H groups in total. The second kappa shape index (κ2) is 20.7. The molecule has 0 aromatic heterocycles. The van der Waals surface area contributed by atoms with E-state index in [-0.39, 0.29) is 6.61 Å². The topological polar surface area (TPSA) is 20.2 Å². The largest absolute Gasteiger partial charge is 0.397 e. The Labute approximate surface area is 108 Å². The molecule has 0 aliphatic carbocycles. The number of hydrogen-bond donors (Lipinski definition) is 2. The second-order valence-electron chi connectivity index (χ2n) is 4.22. The molecule has 0 amide bonds. The highest BCUT2D eigenvalue weighted by Gasteiger charge is 1.91. The van der Waals surface area contributed by atoms with Crippen LogP contribution in [0.3, 0.4) is 0 Å². The molecule has 1 nitrogen and oxygen atoms in total. The first-order chi connectivity index (χ1) is 7.83. The maximum absolute atomic E-state index is 7.57. The van der Waals surface area contributed by atoms with Crippen LogP contribution >= 0.6 is 12.6 Å². The summed E-state index contributed by atoms with van der Waals surface area (Å²) >= 11 is 4.20. The molecule has 0 aromatic rings. The lowest BCUT2D eigenvalue weighted by molar-refractivity contribution is 0.318. The molecule has 0 radical (unpaired) electrons. The molecule has 0 atom stereocenters. The minimum absolute atomic E-state index is 0.250. The van der Waals surface area contributed by atoms with Gasteiger partial charge >= 0.3 is 0 Å². The molecule has 2 heteroatoms. The van der Waals surface area contributed by atoms with Crippen molar-refractivity contribution in [1.82, 2.24) is 0 Å². The van der Waals surface area contributed by atoms with E-state index in [1.165, 1.54) is 64.2 Å². The fourth-order valence-electron chi connectivity index (χ4n) is 1.60. The Morgan fingerprint density at radius 1 is 0.688 bits per heavy atom. The standard InChI is InChI=1S/C12H26S.C2H6O/c1-2-3-4-5-6-7-8-9-10-11-12-13;1-2-3/h13H,2-12H2,1H3;3H,2H2,1H3. The zero-order valence-corrected chi connectivity index (χ0v) is 12.3. The van der Waals surface area contributed by atoms with Crippen molar-refractivity contribution in [3.05, 3.63) is 0 Å². The van der Waals surface area contributed by atoms with E-state index in [1.807, 2.05) is 0 Å². The summed E-state index contributed by atoms with van der Waals surface area (Å²) in [6.45, 7) is 4.21.